The van der Waals surface area contributed by atoms with E-state index in [2.05, 4.69) is 55.4 Å². The summed E-state index contributed by atoms with van der Waals surface area (Å²) in [7, 11) is 0. The summed E-state index contributed by atoms with van der Waals surface area (Å²) >= 11 is 0. The summed E-state index contributed by atoms with van der Waals surface area (Å²) in [4.78, 5) is 0. The van der Waals surface area contributed by atoms with Crippen LogP contribution in [0.4, 0.5) is 0 Å². The number of fused-ring (bicyclic) bond motifs is 1. The molecule has 2 N–H and O–H groups in total. The van der Waals surface area contributed by atoms with Gasteiger partial charge in [-0.2, -0.15) is 0 Å². The summed E-state index contributed by atoms with van der Waals surface area (Å²) in [5.41, 5.74) is 3.09. The quantitative estimate of drug-likeness (QED) is 0.489. The Balaban J connectivity index is 0.000000232. The van der Waals surface area contributed by atoms with Gasteiger partial charge in [-0.3, -0.25) is 0 Å². The third kappa shape index (κ3) is 3.59. The fourth-order valence-electron chi connectivity index (χ4n) is 4.72. The van der Waals surface area contributed by atoms with E-state index >= 15 is 0 Å². The Hall–Kier alpha value is -0.380. The van der Waals surface area contributed by atoms with E-state index in [0.717, 1.165) is 25.7 Å². The number of epoxide rings is 1. The van der Waals surface area contributed by atoms with Crippen LogP contribution in [0.15, 0.2) is 11.1 Å². The van der Waals surface area contributed by atoms with E-state index in [4.69, 9.17) is 4.74 Å². The third-order valence-corrected chi connectivity index (χ3v) is 7.00. The minimum atomic E-state index is -0.180. The molecule has 0 bridgehead atoms. The Morgan fingerprint density at radius 1 is 0.875 bits per heavy atom. The zero-order chi connectivity index (χ0) is 17.8. The first-order valence-corrected chi connectivity index (χ1v) is 8.97. The minimum Gasteiger partial charge on any atom is -0.393 e. The van der Waals surface area contributed by atoms with Gasteiger partial charge >= 0.3 is 0 Å². The molecule has 1 saturated heterocycles. The molecule has 0 aromatic heterocycles. The highest BCUT2D eigenvalue weighted by molar-refractivity contribution is 5.22. The van der Waals surface area contributed by atoms with Crippen molar-refractivity contribution in [2.45, 2.75) is 112 Å². The Morgan fingerprint density at radius 2 is 1.42 bits per heavy atom. The van der Waals surface area contributed by atoms with Crippen molar-refractivity contribution >= 4 is 0 Å². The van der Waals surface area contributed by atoms with Crippen molar-refractivity contribution < 1.29 is 14.9 Å². The van der Waals surface area contributed by atoms with Gasteiger partial charge in [0.15, 0.2) is 0 Å². The molecule has 3 aliphatic rings. The second kappa shape index (κ2) is 6.41. The van der Waals surface area contributed by atoms with Gasteiger partial charge in [0.05, 0.1) is 17.8 Å². The van der Waals surface area contributed by atoms with Crippen LogP contribution in [0.2, 0.25) is 0 Å². The van der Waals surface area contributed by atoms with E-state index < -0.39 is 0 Å². The van der Waals surface area contributed by atoms with Gasteiger partial charge in [0, 0.05) is 6.42 Å². The van der Waals surface area contributed by atoms with Crippen molar-refractivity contribution in [3.8, 4) is 0 Å². The molecule has 4 atom stereocenters. The summed E-state index contributed by atoms with van der Waals surface area (Å²) < 4.78 is 5.78. The van der Waals surface area contributed by atoms with E-state index in [1.165, 1.54) is 11.1 Å². The largest absolute Gasteiger partial charge is 0.393 e. The lowest BCUT2D eigenvalue weighted by atomic mass is 9.64. The number of ether oxygens (including phenoxy) is 1. The van der Waals surface area contributed by atoms with Crippen molar-refractivity contribution in [2.24, 2.45) is 10.8 Å². The van der Waals surface area contributed by atoms with Crippen LogP contribution in [0, 0.1) is 10.8 Å². The van der Waals surface area contributed by atoms with Crippen LogP contribution in [-0.2, 0) is 4.74 Å². The van der Waals surface area contributed by atoms with Crippen molar-refractivity contribution in [3.05, 3.63) is 11.1 Å². The van der Waals surface area contributed by atoms with Gasteiger partial charge in [-0.1, -0.05) is 46.3 Å². The Labute approximate surface area is 149 Å². The van der Waals surface area contributed by atoms with Crippen molar-refractivity contribution in [2.75, 3.05) is 0 Å². The average molecular weight is 341 g/mol. The molecule has 1 aliphatic heterocycles. The molecule has 2 fully saturated rings. The highest BCUT2D eigenvalue weighted by atomic mass is 16.6. The molecule has 3 rings (SSSR count). The predicted octanol–water partition coefficient (Wildman–Crippen LogP) is 4.85. The predicted molar refractivity (Wildman–Crippen MR) is 101 cm³/mol. The summed E-state index contributed by atoms with van der Waals surface area (Å²) in [6, 6.07) is 0. The van der Waals surface area contributed by atoms with Crippen LogP contribution in [-0.4, -0.2) is 33.6 Å². The Morgan fingerprint density at radius 3 is 1.88 bits per heavy atom. The lowest BCUT2D eigenvalue weighted by Gasteiger charge is -2.38. The molecule has 24 heavy (non-hydrogen) atoms. The summed E-state index contributed by atoms with van der Waals surface area (Å²) in [5, 5.41) is 19.1. The number of aliphatic hydroxyl groups is 2. The molecule has 3 heteroatoms. The van der Waals surface area contributed by atoms with Gasteiger partial charge in [0.2, 0.25) is 0 Å². The van der Waals surface area contributed by atoms with E-state index in [1.54, 1.807) is 0 Å². The summed E-state index contributed by atoms with van der Waals surface area (Å²) in [6.07, 6.45) is 3.14. The lowest BCUT2D eigenvalue weighted by molar-refractivity contribution is 0.0421. The molecule has 1 heterocycles. The number of rotatable bonds is 0. The molecule has 0 spiro atoms. The SMILES string of the molecule is C.CC1(C)CC(O)CC2(C)OC12C.CC1=C(C)C(C)(C)CC(O)C1. The van der Waals surface area contributed by atoms with Gasteiger partial charge in [-0.15, -0.1) is 0 Å². The molecule has 4 unspecified atom stereocenters. The molecule has 142 valence electrons. The first-order valence-electron chi connectivity index (χ1n) is 8.97. The Kier molecular flexibility index (Phi) is 5.78. The molecular formula is C21H40O3. The zero-order valence-electron chi connectivity index (χ0n) is 16.3. The standard InChI is InChI=1S/C10H18O2.C10H18O.CH4/c1-8(2)5-7(11)6-9(3)10(8,4)12-9;1-7-5-9(11)6-10(3,4)8(7)2;/h7,11H,5-6H2,1-4H3;9,11H,5-6H2,1-4H3;1H4. The van der Waals surface area contributed by atoms with Gasteiger partial charge < -0.3 is 14.9 Å². The monoisotopic (exact) mass is 340 g/mol. The van der Waals surface area contributed by atoms with E-state index in [0.29, 0.717) is 0 Å². The molecular weight excluding hydrogens is 300 g/mol. The highest BCUT2D eigenvalue weighted by Gasteiger charge is 2.73. The second-order valence-electron chi connectivity index (χ2n) is 9.66. The first kappa shape index (κ1) is 21.7. The normalized spacial score (nSPS) is 42.2. The van der Waals surface area contributed by atoms with Crippen LogP contribution >= 0.6 is 0 Å². The van der Waals surface area contributed by atoms with Crippen molar-refractivity contribution in [1.29, 1.82) is 0 Å². The van der Waals surface area contributed by atoms with Crippen LogP contribution in [0.3, 0.4) is 0 Å². The minimum absolute atomic E-state index is 0. The summed E-state index contributed by atoms with van der Waals surface area (Å²) in [5.74, 6) is 0. The van der Waals surface area contributed by atoms with E-state index in [-0.39, 0.29) is 41.7 Å². The Bertz CT molecular complexity index is 505. The zero-order valence-corrected chi connectivity index (χ0v) is 16.3. The van der Waals surface area contributed by atoms with Crippen molar-refractivity contribution in [3.63, 3.8) is 0 Å². The van der Waals surface area contributed by atoms with Crippen LogP contribution in [0.5, 0.6) is 0 Å². The molecule has 3 nitrogen and oxygen atoms in total. The van der Waals surface area contributed by atoms with Gasteiger partial charge in [-0.25, -0.2) is 0 Å². The lowest BCUT2D eigenvalue weighted by Crippen LogP contribution is -2.45. The molecule has 1 saturated carbocycles. The molecule has 0 amide bonds. The molecule has 0 aromatic rings. The number of allylic oxidation sites excluding steroid dienone is 1. The van der Waals surface area contributed by atoms with Crippen LogP contribution in [0.25, 0.3) is 0 Å². The first-order chi connectivity index (χ1) is 10.2. The van der Waals surface area contributed by atoms with Crippen LogP contribution < -0.4 is 0 Å². The second-order valence-corrected chi connectivity index (χ2v) is 9.66. The maximum Gasteiger partial charge on any atom is 0.100 e. The number of hydrogen-bond donors (Lipinski definition) is 2. The van der Waals surface area contributed by atoms with Gasteiger partial charge in [0.25, 0.3) is 0 Å². The third-order valence-electron chi connectivity index (χ3n) is 7.00. The topological polar surface area (TPSA) is 53.0 Å². The van der Waals surface area contributed by atoms with E-state index in [9.17, 15) is 10.2 Å². The van der Waals surface area contributed by atoms with Gasteiger partial charge in [-0.05, 0) is 57.8 Å². The van der Waals surface area contributed by atoms with Crippen molar-refractivity contribution in [1.82, 2.24) is 0 Å². The molecule has 2 aliphatic carbocycles. The van der Waals surface area contributed by atoms with Crippen LogP contribution in [0.1, 0.15) is 88.5 Å². The maximum absolute atomic E-state index is 9.64. The molecule has 0 radical (unpaired) electrons. The number of aliphatic hydroxyl groups excluding tert-OH is 2. The molecule has 0 aromatic carbocycles. The summed E-state index contributed by atoms with van der Waals surface area (Å²) in [6.45, 7) is 17.3. The average Bonchev–Trinajstić information content (AvgIpc) is 2.89. The highest BCUT2D eigenvalue weighted by Crippen LogP contribution is 2.64. The fourth-order valence-corrected chi connectivity index (χ4v) is 4.72. The fraction of sp³-hybridized carbons (Fsp3) is 0.905. The maximum atomic E-state index is 9.64. The smallest absolute Gasteiger partial charge is 0.100 e. The van der Waals surface area contributed by atoms with E-state index in [1.807, 2.05) is 0 Å². The van der Waals surface area contributed by atoms with Gasteiger partial charge in [0.1, 0.15) is 5.60 Å². The number of hydrogen-bond acceptors (Lipinski definition) is 3.